The van der Waals surface area contributed by atoms with Crippen LogP contribution < -0.4 is 0 Å². The Morgan fingerprint density at radius 2 is 1.76 bits per heavy atom. The standard InChI is InChI=1S/C18H30ClN3O2S/c1-15-12-21(13-16(2)22(15)11-7-10-20(3)4)25(23,24)14-17-8-5-6-9-18(17)19/h5-6,8-9,15-16H,7,10-14H2,1-4H3. The summed E-state index contributed by atoms with van der Waals surface area (Å²) in [5, 5.41) is 0.509. The molecule has 1 aliphatic heterocycles. The van der Waals surface area contributed by atoms with Gasteiger partial charge in [-0.25, -0.2) is 8.42 Å². The summed E-state index contributed by atoms with van der Waals surface area (Å²) in [6, 6.07) is 7.59. The Kier molecular flexibility index (Phi) is 7.29. The van der Waals surface area contributed by atoms with Crippen molar-refractivity contribution in [3.63, 3.8) is 0 Å². The quantitative estimate of drug-likeness (QED) is 0.721. The Morgan fingerprint density at radius 3 is 2.32 bits per heavy atom. The summed E-state index contributed by atoms with van der Waals surface area (Å²) in [6.45, 7) is 7.36. The molecule has 0 spiro atoms. The maximum absolute atomic E-state index is 12.9. The molecule has 5 nitrogen and oxygen atoms in total. The first-order valence-corrected chi connectivity index (χ1v) is 10.8. The van der Waals surface area contributed by atoms with E-state index in [0.717, 1.165) is 19.5 Å². The lowest BCUT2D eigenvalue weighted by atomic mass is 10.1. The van der Waals surface area contributed by atoms with E-state index in [9.17, 15) is 8.42 Å². The lowest BCUT2D eigenvalue weighted by Crippen LogP contribution is -2.58. The second kappa shape index (κ2) is 8.82. The monoisotopic (exact) mass is 387 g/mol. The highest BCUT2D eigenvalue weighted by Gasteiger charge is 2.35. The minimum atomic E-state index is -3.37. The Bertz CT molecular complexity index is 654. The van der Waals surface area contributed by atoms with E-state index in [1.54, 1.807) is 16.4 Å². The molecule has 25 heavy (non-hydrogen) atoms. The molecule has 2 unspecified atom stereocenters. The molecule has 1 fully saturated rings. The van der Waals surface area contributed by atoms with Crippen molar-refractivity contribution in [2.75, 3.05) is 40.3 Å². The molecule has 142 valence electrons. The third-order valence-electron chi connectivity index (χ3n) is 4.78. The van der Waals surface area contributed by atoms with E-state index in [0.29, 0.717) is 23.7 Å². The van der Waals surface area contributed by atoms with E-state index in [1.165, 1.54) is 0 Å². The van der Waals surface area contributed by atoms with Gasteiger partial charge in [0.1, 0.15) is 0 Å². The molecule has 0 amide bonds. The van der Waals surface area contributed by atoms with Crippen LogP contribution >= 0.6 is 11.6 Å². The van der Waals surface area contributed by atoms with Crippen molar-refractivity contribution in [3.05, 3.63) is 34.9 Å². The molecule has 0 bridgehead atoms. The van der Waals surface area contributed by atoms with Crippen LogP contribution in [-0.4, -0.2) is 74.9 Å². The molecule has 0 radical (unpaired) electrons. The Balaban J connectivity index is 2.01. The fraction of sp³-hybridized carbons (Fsp3) is 0.667. The van der Waals surface area contributed by atoms with Gasteiger partial charge in [0.05, 0.1) is 5.75 Å². The van der Waals surface area contributed by atoms with Gasteiger partial charge in [-0.1, -0.05) is 29.8 Å². The van der Waals surface area contributed by atoms with E-state index in [2.05, 4.69) is 37.7 Å². The van der Waals surface area contributed by atoms with Crippen LogP contribution in [0.15, 0.2) is 24.3 Å². The van der Waals surface area contributed by atoms with Crippen molar-refractivity contribution in [1.82, 2.24) is 14.1 Å². The number of rotatable bonds is 7. The Labute approximate surface area is 157 Å². The molecule has 0 saturated carbocycles. The SMILES string of the molecule is CC1CN(S(=O)(=O)Cc2ccccc2Cl)CC(C)N1CCCN(C)C. The number of hydrogen-bond donors (Lipinski definition) is 0. The van der Waals surface area contributed by atoms with Gasteiger partial charge in [0, 0.05) is 36.7 Å². The minimum Gasteiger partial charge on any atom is -0.309 e. The van der Waals surface area contributed by atoms with Gasteiger partial charge < -0.3 is 4.90 Å². The molecular weight excluding hydrogens is 358 g/mol. The van der Waals surface area contributed by atoms with Crippen molar-refractivity contribution in [1.29, 1.82) is 0 Å². The summed E-state index contributed by atoms with van der Waals surface area (Å²) in [4.78, 5) is 4.60. The number of benzene rings is 1. The summed E-state index contributed by atoms with van der Waals surface area (Å²) >= 11 is 6.14. The van der Waals surface area contributed by atoms with Crippen molar-refractivity contribution in [2.24, 2.45) is 0 Å². The zero-order valence-corrected chi connectivity index (χ0v) is 17.2. The van der Waals surface area contributed by atoms with Crippen molar-refractivity contribution < 1.29 is 8.42 Å². The third kappa shape index (κ3) is 5.66. The van der Waals surface area contributed by atoms with Gasteiger partial charge in [0.15, 0.2) is 0 Å². The molecule has 1 heterocycles. The Morgan fingerprint density at radius 1 is 1.16 bits per heavy atom. The van der Waals surface area contributed by atoms with Crippen molar-refractivity contribution in [3.8, 4) is 0 Å². The second-order valence-corrected chi connectivity index (χ2v) is 9.63. The summed E-state index contributed by atoms with van der Waals surface area (Å²) in [5.41, 5.74) is 0.665. The maximum Gasteiger partial charge on any atom is 0.218 e. The highest BCUT2D eigenvalue weighted by molar-refractivity contribution is 7.88. The number of piperazine rings is 1. The van der Waals surface area contributed by atoms with Crippen molar-refractivity contribution >= 4 is 21.6 Å². The average Bonchev–Trinajstić information content (AvgIpc) is 2.51. The fourth-order valence-corrected chi connectivity index (χ4v) is 5.44. The highest BCUT2D eigenvalue weighted by Crippen LogP contribution is 2.23. The van der Waals surface area contributed by atoms with E-state index in [4.69, 9.17) is 11.6 Å². The fourth-order valence-electron chi connectivity index (χ4n) is 3.45. The molecule has 1 aromatic rings. The van der Waals surface area contributed by atoms with Gasteiger partial charge in [-0.15, -0.1) is 0 Å². The molecule has 1 saturated heterocycles. The molecule has 0 aromatic heterocycles. The lowest BCUT2D eigenvalue weighted by Gasteiger charge is -2.44. The minimum absolute atomic E-state index is 0.0350. The number of sulfonamides is 1. The molecule has 2 rings (SSSR count). The normalized spacial score (nSPS) is 23.3. The van der Waals surface area contributed by atoms with Crippen LogP contribution in [0.1, 0.15) is 25.8 Å². The first-order valence-electron chi connectivity index (χ1n) is 8.82. The average molecular weight is 388 g/mol. The van der Waals surface area contributed by atoms with Crippen LogP contribution in [0.5, 0.6) is 0 Å². The van der Waals surface area contributed by atoms with E-state index in [1.807, 2.05) is 12.1 Å². The smallest absolute Gasteiger partial charge is 0.218 e. The molecule has 1 aromatic carbocycles. The lowest BCUT2D eigenvalue weighted by molar-refractivity contribution is 0.0739. The zero-order chi connectivity index (χ0) is 18.6. The number of nitrogens with zero attached hydrogens (tertiary/aromatic N) is 3. The largest absolute Gasteiger partial charge is 0.309 e. The topological polar surface area (TPSA) is 43.9 Å². The summed E-state index contributed by atoms with van der Waals surface area (Å²) in [6.07, 6.45) is 1.09. The van der Waals surface area contributed by atoms with E-state index < -0.39 is 10.0 Å². The summed E-state index contributed by atoms with van der Waals surface area (Å²) in [5.74, 6) is -0.0350. The van der Waals surface area contributed by atoms with Gasteiger partial charge in [-0.05, 0) is 52.5 Å². The van der Waals surface area contributed by atoms with Crippen LogP contribution in [-0.2, 0) is 15.8 Å². The molecule has 7 heteroatoms. The van der Waals surface area contributed by atoms with E-state index >= 15 is 0 Å². The van der Waals surface area contributed by atoms with Gasteiger partial charge in [0.2, 0.25) is 10.0 Å². The van der Waals surface area contributed by atoms with Crippen LogP contribution in [0.2, 0.25) is 5.02 Å². The summed E-state index contributed by atoms with van der Waals surface area (Å²) in [7, 11) is 0.783. The van der Waals surface area contributed by atoms with E-state index in [-0.39, 0.29) is 17.8 Å². The molecule has 1 aliphatic rings. The van der Waals surface area contributed by atoms with Crippen molar-refractivity contribution in [2.45, 2.75) is 38.1 Å². The van der Waals surface area contributed by atoms with Gasteiger partial charge >= 0.3 is 0 Å². The van der Waals surface area contributed by atoms with Crippen LogP contribution in [0, 0.1) is 0 Å². The van der Waals surface area contributed by atoms with Crippen LogP contribution in [0.4, 0.5) is 0 Å². The first kappa shape index (κ1) is 20.6. The predicted molar refractivity (Wildman–Crippen MR) is 104 cm³/mol. The Hall–Kier alpha value is -0.660. The third-order valence-corrected chi connectivity index (χ3v) is 6.91. The number of hydrogen-bond acceptors (Lipinski definition) is 4. The summed E-state index contributed by atoms with van der Waals surface area (Å²) < 4.78 is 27.3. The molecular formula is C18H30ClN3O2S. The number of halogens is 1. The zero-order valence-electron chi connectivity index (χ0n) is 15.7. The highest BCUT2D eigenvalue weighted by atomic mass is 35.5. The second-order valence-electron chi connectivity index (χ2n) is 7.26. The van der Waals surface area contributed by atoms with Gasteiger partial charge in [-0.2, -0.15) is 4.31 Å². The molecule has 0 N–H and O–H groups in total. The first-order chi connectivity index (χ1) is 11.7. The molecule has 2 atom stereocenters. The molecule has 0 aliphatic carbocycles. The van der Waals surface area contributed by atoms with Gasteiger partial charge in [-0.3, -0.25) is 4.90 Å². The van der Waals surface area contributed by atoms with Crippen LogP contribution in [0.25, 0.3) is 0 Å². The van der Waals surface area contributed by atoms with Crippen LogP contribution in [0.3, 0.4) is 0 Å². The predicted octanol–water partition coefficient (Wildman–Crippen LogP) is 2.52. The maximum atomic E-state index is 12.9. The van der Waals surface area contributed by atoms with Gasteiger partial charge in [0.25, 0.3) is 0 Å².